The van der Waals surface area contributed by atoms with Gasteiger partial charge in [0.2, 0.25) is 0 Å². The van der Waals surface area contributed by atoms with E-state index in [4.69, 9.17) is 0 Å². The molecule has 0 spiro atoms. The Hall–Kier alpha value is -5.72. The van der Waals surface area contributed by atoms with Crippen molar-refractivity contribution in [3.05, 3.63) is 190 Å². The summed E-state index contributed by atoms with van der Waals surface area (Å²) in [5.74, 6) is 0.835. The fraction of sp³-hybridized carbons (Fsp3) is 0.120. The Balaban J connectivity index is 0.898. The summed E-state index contributed by atoms with van der Waals surface area (Å²) in [5, 5.41) is 9.77. The Bertz CT molecular complexity index is 2760. The monoisotopic (exact) mass is 636 g/mol. The second kappa shape index (κ2) is 10.9. The van der Waals surface area contributed by atoms with Gasteiger partial charge >= 0.3 is 0 Å². The predicted octanol–water partition coefficient (Wildman–Crippen LogP) is 12.3. The second-order valence-corrected chi connectivity index (χ2v) is 14.6. The topological polar surface area (TPSA) is 0 Å². The van der Waals surface area contributed by atoms with Crippen molar-refractivity contribution in [2.45, 2.75) is 37.5 Å². The number of benzene rings is 7. The maximum absolute atomic E-state index is 2.47. The van der Waals surface area contributed by atoms with Gasteiger partial charge in [0.15, 0.2) is 0 Å². The third-order valence-corrected chi connectivity index (χ3v) is 11.9. The SMILES string of the molecule is C1=CC(c2cccc(C3=CCC4C=Cc5cccc6ccc3c4c56)c2)CC=C1c1cccc(-c2ccc3ccc4c5c(ccc2c35)CCC=4)c1. The molecule has 0 saturated heterocycles. The van der Waals surface area contributed by atoms with Crippen molar-refractivity contribution in [2.75, 3.05) is 0 Å². The van der Waals surface area contributed by atoms with Gasteiger partial charge in [-0.25, -0.2) is 0 Å². The summed E-state index contributed by atoms with van der Waals surface area (Å²) in [6, 6.07) is 43.8. The average molecular weight is 637 g/mol. The molecule has 236 valence electrons. The van der Waals surface area contributed by atoms with Crippen LogP contribution in [0.5, 0.6) is 0 Å². The van der Waals surface area contributed by atoms with E-state index >= 15 is 0 Å². The molecule has 0 nitrogen and oxygen atoms in total. The van der Waals surface area contributed by atoms with Crippen LogP contribution in [0.15, 0.2) is 146 Å². The lowest BCUT2D eigenvalue weighted by molar-refractivity contribution is 0.851. The molecule has 0 bridgehead atoms. The molecule has 4 aliphatic carbocycles. The normalized spacial score (nSPS) is 18.7. The molecule has 0 heterocycles. The predicted molar refractivity (Wildman–Crippen MR) is 213 cm³/mol. The van der Waals surface area contributed by atoms with Crippen molar-refractivity contribution >= 4 is 55.6 Å². The van der Waals surface area contributed by atoms with Crippen molar-refractivity contribution < 1.29 is 0 Å². The third-order valence-electron chi connectivity index (χ3n) is 11.9. The van der Waals surface area contributed by atoms with Gasteiger partial charge in [0.1, 0.15) is 0 Å². The van der Waals surface area contributed by atoms with Gasteiger partial charge in [-0.15, -0.1) is 0 Å². The summed E-state index contributed by atoms with van der Waals surface area (Å²) in [4.78, 5) is 0. The van der Waals surface area contributed by atoms with E-state index in [0.29, 0.717) is 11.8 Å². The molecule has 0 heteroatoms. The van der Waals surface area contributed by atoms with Crippen molar-refractivity contribution in [3.8, 4) is 11.1 Å². The van der Waals surface area contributed by atoms with Crippen molar-refractivity contribution in [3.63, 3.8) is 0 Å². The molecular formula is C50H36. The molecule has 0 aliphatic heterocycles. The Morgan fingerprint density at radius 2 is 1.32 bits per heavy atom. The first-order chi connectivity index (χ1) is 24.8. The van der Waals surface area contributed by atoms with Gasteiger partial charge in [-0.1, -0.05) is 152 Å². The zero-order chi connectivity index (χ0) is 32.8. The van der Waals surface area contributed by atoms with Gasteiger partial charge in [-0.3, -0.25) is 0 Å². The molecule has 2 unspecified atom stereocenters. The highest BCUT2D eigenvalue weighted by Crippen LogP contribution is 2.46. The minimum Gasteiger partial charge on any atom is -0.0763 e. The van der Waals surface area contributed by atoms with Gasteiger partial charge in [-0.05, 0) is 131 Å². The Morgan fingerprint density at radius 3 is 2.26 bits per heavy atom. The van der Waals surface area contributed by atoms with Crippen LogP contribution in [0.2, 0.25) is 0 Å². The number of hydrogen-bond acceptors (Lipinski definition) is 0. The van der Waals surface area contributed by atoms with E-state index in [1.165, 1.54) is 98.8 Å². The van der Waals surface area contributed by atoms with E-state index in [0.717, 1.165) is 25.7 Å². The third kappa shape index (κ3) is 4.24. The summed E-state index contributed by atoms with van der Waals surface area (Å²) in [5.41, 5.74) is 15.1. The fourth-order valence-electron chi connectivity index (χ4n) is 9.48. The number of rotatable bonds is 4. The van der Waals surface area contributed by atoms with Crippen LogP contribution in [0.1, 0.15) is 70.0 Å². The van der Waals surface area contributed by atoms with Crippen molar-refractivity contribution in [2.24, 2.45) is 0 Å². The van der Waals surface area contributed by atoms with Crippen LogP contribution in [0, 0.1) is 0 Å². The Morgan fingerprint density at radius 1 is 0.520 bits per heavy atom. The van der Waals surface area contributed by atoms with E-state index in [1.54, 1.807) is 0 Å². The van der Waals surface area contributed by atoms with Gasteiger partial charge < -0.3 is 0 Å². The molecule has 0 fully saturated rings. The molecule has 4 aliphatic rings. The zero-order valence-electron chi connectivity index (χ0n) is 28.0. The fourth-order valence-corrected chi connectivity index (χ4v) is 9.48. The molecule has 11 rings (SSSR count). The van der Waals surface area contributed by atoms with E-state index in [2.05, 4.69) is 158 Å². The summed E-state index contributed by atoms with van der Waals surface area (Å²) < 4.78 is 0. The van der Waals surface area contributed by atoms with E-state index in [1.807, 2.05) is 0 Å². The van der Waals surface area contributed by atoms with Crippen LogP contribution in [0.4, 0.5) is 0 Å². The molecule has 0 aromatic heterocycles. The highest BCUT2D eigenvalue weighted by Gasteiger charge is 2.26. The first-order valence-electron chi connectivity index (χ1n) is 18.3. The summed E-state index contributed by atoms with van der Waals surface area (Å²) in [6.07, 6.45) is 21.2. The summed E-state index contributed by atoms with van der Waals surface area (Å²) in [6.45, 7) is 0. The van der Waals surface area contributed by atoms with Crippen LogP contribution in [0.3, 0.4) is 0 Å². The van der Waals surface area contributed by atoms with Crippen LogP contribution in [0.25, 0.3) is 66.7 Å². The van der Waals surface area contributed by atoms with Gasteiger partial charge in [-0.2, -0.15) is 0 Å². The standard InChI is InChI=1S/C50H36/c1-5-33-17-19-37-21-25-43(45-27-23-35(7-1)47(33)49(37)45)41-11-3-9-39(29-41)31-13-15-32(16-14-31)40-10-4-12-42(30-40)44-26-22-38-20-18-34-6-2-8-36-24-28-46(44)50(38)48(34)36/h1,3-7,9-13,15-20,22-31,37H,2,8,14,21H2. The minimum atomic E-state index is 0.367. The Labute approximate surface area is 293 Å². The summed E-state index contributed by atoms with van der Waals surface area (Å²) in [7, 11) is 0. The van der Waals surface area contributed by atoms with Gasteiger partial charge in [0.05, 0.1) is 0 Å². The molecule has 0 N–H and O–H groups in total. The number of aryl methyl sites for hydroxylation is 1. The second-order valence-electron chi connectivity index (χ2n) is 14.6. The molecule has 2 atom stereocenters. The average Bonchev–Trinajstić information content (AvgIpc) is 3.19. The lowest BCUT2D eigenvalue weighted by Crippen LogP contribution is -2.10. The van der Waals surface area contributed by atoms with Gasteiger partial charge in [0.25, 0.3) is 0 Å². The maximum atomic E-state index is 2.47. The van der Waals surface area contributed by atoms with Crippen LogP contribution < -0.4 is 5.22 Å². The molecule has 0 saturated carbocycles. The van der Waals surface area contributed by atoms with E-state index < -0.39 is 0 Å². The van der Waals surface area contributed by atoms with E-state index in [-0.39, 0.29) is 0 Å². The number of allylic oxidation sites excluding steroid dienone is 6. The summed E-state index contributed by atoms with van der Waals surface area (Å²) >= 11 is 0. The molecule has 0 radical (unpaired) electrons. The number of hydrogen-bond donors (Lipinski definition) is 0. The van der Waals surface area contributed by atoms with Crippen molar-refractivity contribution in [1.82, 2.24) is 0 Å². The van der Waals surface area contributed by atoms with Crippen molar-refractivity contribution in [1.29, 1.82) is 0 Å². The molecule has 50 heavy (non-hydrogen) atoms. The highest BCUT2D eigenvalue weighted by molar-refractivity contribution is 6.16. The lowest BCUT2D eigenvalue weighted by atomic mass is 9.75. The lowest BCUT2D eigenvalue weighted by Gasteiger charge is -2.29. The van der Waals surface area contributed by atoms with Crippen LogP contribution >= 0.6 is 0 Å². The smallest absolute Gasteiger partial charge is 0.00686 e. The highest BCUT2D eigenvalue weighted by atomic mass is 14.3. The first kappa shape index (κ1) is 28.2. The quantitative estimate of drug-likeness (QED) is 0.180. The first-order valence-corrected chi connectivity index (χ1v) is 18.3. The zero-order valence-corrected chi connectivity index (χ0v) is 28.0. The maximum Gasteiger partial charge on any atom is 0.00686 e. The Kier molecular flexibility index (Phi) is 6.13. The van der Waals surface area contributed by atoms with Crippen LogP contribution in [-0.4, -0.2) is 0 Å². The molecular weight excluding hydrogens is 601 g/mol. The largest absolute Gasteiger partial charge is 0.0763 e. The van der Waals surface area contributed by atoms with E-state index in [9.17, 15) is 0 Å². The van der Waals surface area contributed by atoms with Crippen LogP contribution in [-0.2, 0) is 6.42 Å². The minimum absolute atomic E-state index is 0.367. The molecule has 0 amide bonds. The van der Waals surface area contributed by atoms with Gasteiger partial charge in [0, 0.05) is 11.8 Å². The molecule has 7 aromatic rings. The molecule has 7 aromatic carbocycles.